The maximum absolute atomic E-state index is 5.32. The first kappa shape index (κ1) is 21.1. The van der Waals surface area contributed by atoms with Crippen molar-refractivity contribution < 1.29 is 0 Å². The van der Waals surface area contributed by atoms with Crippen LogP contribution in [-0.2, 0) is 12.8 Å². The zero-order chi connectivity index (χ0) is 19.5. The minimum Gasteiger partial charge on any atom is -0.362 e. The van der Waals surface area contributed by atoms with Gasteiger partial charge in [0.15, 0.2) is 10.2 Å². The molecule has 0 aliphatic heterocycles. The van der Waals surface area contributed by atoms with Crippen LogP contribution in [0.2, 0.25) is 0 Å². The molecule has 2 rings (SSSR count). The van der Waals surface area contributed by atoms with Gasteiger partial charge in [-0.1, -0.05) is 38.1 Å². The third-order valence-electron chi connectivity index (χ3n) is 4.16. The summed E-state index contributed by atoms with van der Waals surface area (Å²) in [5, 5.41) is 14.1. The normalized spacial score (nSPS) is 10.1. The highest BCUT2D eigenvalue weighted by molar-refractivity contribution is 7.80. The number of hydrogen-bond acceptors (Lipinski definition) is 2. The predicted octanol–water partition coefficient (Wildman–Crippen LogP) is 4.47. The second-order valence-corrected chi connectivity index (χ2v) is 7.03. The van der Waals surface area contributed by atoms with Crippen LogP contribution in [0.25, 0.3) is 0 Å². The van der Waals surface area contributed by atoms with Gasteiger partial charge >= 0.3 is 0 Å². The Morgan fingerprint density at radius 3 is 1.37 bits per heavy atom. The Balaban J connectivity index is 1.58. The molecule has 0 amide bonds. The van der Waals surface area contributed by atoms with Crippen LogP contribution in [0, 0.1) is 0 Å². The molecule has 4 nitrogen and oxygen atoms in total. The molecule has 0 saturated heterocycles. The first-order valence-corrected chi connectivity index (χ1v) is 10.2. The van der Waals surface area contributed by atoms with Gasteiger partial charge in [0.1, 0.15) is 0 Å². The van der Waals surface area contributed by atoms with Crippen molar-refractivity contribution in [1.29, 1.82) is 0 Å². The first-order valence-electron chi connectivity index (χ1n) is 9.38. The molecule has 0 unspecified atom stereocenters. The van der Waals surface area contributed by atoms with E-state index in [1.54, 1.807) is 0 Å². The van der Waals surface area contributed by atoms with E-state index in [2.05, 4.69) is 59.4 Å². The van der Waals surface area contributed by atoms with Gasteiger partial charge < -0.3 is 21.3 Å². The maximum Gasteiger partial charge on any atom is 0.170 e. The van der Waals surface area contributed by atoms with Gasteiger partial charge in [-0.2, -0.15) is 0 Å². The standard InChI is InChI=1S/C21H28N4S2/c1-3-16-6-10-18(11-7-16)24-20(26)22-14-5-15-23-21(27)25-19-12-8-17(4-2)9-13-19/h6-13H,3-5,14-15H2,1-2H3,(H2,22,24,26)(H2,23,25,27). The van der Waals surface area contributed by atoms with E-state index in [0.717, 1.165) is 43.7 Å². The van der Waals surface area contributed by atoms with E-state index in [-0.39, 0.29) is 0 Å². The summed E-state index contributed by atoms with van der Waals surface area (Å²) in [5.41, 5.74) is 4.64. The average Bonchev–Trinajstić information content (AvgIpc) is 2.69. The topological polar surface area (TPSA) is 48.1 Å². The average molecular weight is 401 g/mol. The molecular weight excluding hydrogens is 372 g/mol. The Morgan fingerprint density at radius 1 is 0.667 bits per heavy atom. The van der Waals surface area contributed by atoms with Crippen molar-refractivity contribution in [1.82, 2.24) is 10.6 Å². The lowest BCUT2D eigenvalue weighted by Gasteiger charge is -2.13. The molecular formula is C21H28N4S2. The fraction of sp³-hybridized carbons (Fsp3) is 0.333. The van der Waals surface area contributed by atoms with Crippen LogP contribution in [0.15, 0.2) is 48.5 Å². The number of aryl methyl sites for hydroxylation is 2. The van der Waals surface area contributed by atoms with E-state index in [1.165, 1.54) is 11.1 Å². The summed E-state index contributed by atoms with van der Waals surface area (Å²) >= 11 is 10.6. The number of benzene rings is 2. The molecule has 0 heterocycles. The molecule has 0 aliphatic carbocycles. The van der Waals surface area contributed by atoms with Crippen molar-refractivity contribution >= 4 is 46.0 Å². The minimum absolute atomic E-state index is 0.635. The van der Waals surface area contributed by atoms with Crippen LogP contribution in [0.3, 0.4) is 0 Å². The Bertz CT molecular complexity index is 663. The number of anilines is 2. The lowest BCUT2D eigenvalue weighted by atomic mass is 10.1. The second-order valence-electron chi connectivity index (χ2n) is 6.22. The Kier molecular flexibility index (Phi) is 9.01. The predicted molar refractivity (Wildman–Crippen MR) is 125 cm³/mol. The maximum atomic E-state index is 5.32. The molecule has 0 radical (unpaired) electrons. The van der Waals surface area contributed by atoms with Crippen LogP contribution >= 0.6 is 24.4 Å². The molecule has 2 aromatic rings. The van der Waals surface area contributed by atoms with Crippen molar-refractivity contribution in [2.24, 2.45) is 0 Å². The summed E-state index contributed by atoms with van der Waals surface area (Å²) in [6.07, 6.45) is 2.99. The van der Waals surface area contributed by atoms with Crippen LogP contribution in [0.1, 0.15) is 31.4 Å². The molecule has 2 aromatic carbocycles. The van der Waals surface area contributed by atoms with Crippen LogP contribution in [0.4, 0.5) is 11.4 Å². The van der Waals surface area contributed by atoms with Gasteiger partial charge in [-0.25, -0.2) is 0 Å². The molecule has 0 spiro atoms. The first-order chi connectivity index (χ1) is 13.1. The van der Waals surface area contributed by atoms with Gasteiger partial charge in [0, 0.05) is 24.5 Å². The second kappa shape index (κ2) is 11.5. The molecule has 4 N–H and O–H groups in total. The van der Waals surface area contributed by atoms with E-state index in [4.69, 9.17) is 24.4 Å². The van der Waals surface area contributed by atoms with Crippen LogP contribution in [-0.4, -0.2) is 23.3 Å². The molecule has 0 saturated carbocycles. The summed E-state index contributed by atoms with van der Waals surface area (Å²) in [7, 11) is 0. The Hall–Kier alpha value is -2.18. The van der Waals surface area contributed by atoms with E-state index >= 15 is 0 Å². The monoisotopic (exact) mass is 400 g/mol. The quantitative estimate of drug-likeness (QED) is 0.387. The zero-order valence-corrected chi connectivity index (χ0v) is 17.6. The SMILES string of the molecule is CCc1ccc(NC(=S)NCCCNC(=S)Nc2ccc(CC)cc2)cc1. The van der Waals surface area contributed by atoms with Crippen molar-refractivity contribution in [3.05, 3.63) is 59.7 Å². The number of rotatable bonds is 8. The number of hydrogen-bond donors (Lipinski definition) is 4. The summed E-state index contributed by atoms with van der Waals surface area (Å²) in [4.78, 5) is 0. The van der Waals surface area contributed by atoms with E-state index in [9.17, 15) is 0 Å². The largest absolute Gasteiger partial charge is 0.362 e. The third-order valence-corrected chi connectivity index (χ3v) is 4.66. The number of nitrogens with one attached hydrogen (secondary N) is 4. The molecule has 0 aliphatic rings. The summed E-state index contributed by atoms with van der Waals surface area (Å²) in [6.45, 7) is 5.84. The molecule has 0 bridgehead atoms. The highest BCUT2D eigenvalue weighted by Gasteiger charge is 2.00. The van der Waals surface area contributed by atoms with E-state index < -0.39 is 0 Å². The smallest absolute Gasteiger partial charge is 0.170 e. The summed E-state index contributed by atoms with van der Waals surface area (Å²) in [5.74, 6) is 0. The van der Waals surface area contributed by atoms with Crippen molar-refractivity contribution in [2.75, 3.05) is 23.7 Å². The van der Waals surface area contributed by atoms with Crippen molar-refractivity contribution in [3.8, 4) is 0 Å². The molecule has 0 fully saturated rings. The van der Waals surface area contributed by atoms with Gasteiger partial charge in [-0.3, -0.25) is 0 Å². The van der Waals surface area contributed by atoms with Gasteiger partial charge in [0.2, 0.25) is 0 Å². The third kappa shape index (κ3) is 7.93. The summed E-state index contributed by atoms with van der Waals surface area (Å²) < 4.78 is 0. The zero-order valence-electron chi connectivity index (χ0n) is 16.0. The summed E-state index contributed by atoms with van der Waals surface area (Å²) in [6, 6.07) is 16.6. The Morgan fingerprint density at radius 2 is 1.04 bits per heavy atom. The Labute approximate surface area is 173 Å². The highest BCUT2D eigenvalue weighted by atomic mass is 32.1. The number of thiocarbonyl (C=S) groups is 2. The van der Waals surface area contributed by atoms with Crippen LogP contribution in [0.5, 0.6) is 0 Å². The van der Waals surface area contributed by atoms with Crippen molar-refractivity contribution in [2.45, 2.75) is 33.1 Å². The lowest BCUT2D eigenvalue weighted by molar-refractivity contribution is 0.748. The van der Waals surface area contributed by atoms with Gasteiger partial charge in [-0.05, 0) is 79.1 Å². The molecule has 6 heteroatoms. The van der Waals surface area contributed by atoms with Gasteiger partial charge in [0.05, 0.1) is 0 Å². The molecule has 0 atom stereocenters. The van der Waals surface area contributed by atoms with Gasteiger partial charge in [-0.15, -0.1) is 0 Å². The lowest BCUT2D eigenvalue weighted by Crippen LogP contribution is -2.33. The van der Waals surface area contributed by atoms with Crippen molar-refractivity contribution in [3.63, 3.8) is 0 Å². The molecule has 27 heavy (non-hydrogen) atoms. The van der Waals surface area contributed by atoms with Crippen LogP contribution < -0.4 is 21.3 Å². The van der Waals surface area contributed by atoms with Gasteiger partial charge in [0.25, 0.3) is 0 Å². The van der Waals surface area contributed by atoms with E-state index in [1.807, 2.05) is 24.3 Å². The molecule has 0 aromatic heterocycles. The fourth-order valence-corrected chi connectivity index (χ4v) is 2.93. The molecule has 144 valence electrons. The fourth-order valence-electron chi connectivity index (χ4n) is 2.49. The minimum atomic E-state index is 0.635. The van der Waals surface area contributed by atoms with E-state index in [0.29, 0.717) is 10.2 Å². The highest BCUT2D eigenvalue weighted by Crippen LogP contribution is 2.10.